The molecule has 1 spiro atoms. The van der Waals surface area contributed by atoms with E-state index in [9.17, 15) is 0 Å². The lowest BCUT2D eigenvalue weighted by Gasteiger charge is -2.48. The Labute approximate surface area is 146 Å². The molecule has 3 fully saturated rings. The highest BCUT2D eigenvalue weighted by atomic mass is 16.5. The molecular formula is C21H30N2O. The van der Waals surface area contributed by atoms with E-state index in [4.69, 9.17) is 4.74 Å². The second-order valence-corrected chi connectivity index (χ2v) is 8.39. The zero-order valence-corrected chi connectivity index (χ0v) is 14.8. The summed E-state index contributed by atoms with van der Waals surface area (Å²) in [5.74, 6) is 1.17. The third kappa shape index (κ3) is 2.61. The number of aryl methyl sites for hydroxylation is 1. The molecule has 1 aromatic carbocycles. The summed E-state index contributed by atoms with van der Waals surface area (Å²) < 4.78 is 6.61. The molecule has 130 valence electrons. The Balaban J connectivity index is 1.28. The third-order valence-corrected chi connectivity index (χ3v) is 6.99. The van der Waals surface area contributed by atoms with Crippen molar-refractivity contribution in [1.82, 2.24) is 4.90 Å². The maximum absolute atomic E-state index is 6.61. The van der Waals surface area contributed by atoms with E-state index in [1.807, 2.05) is 0 Å². The van der Waals surface area contributed by atoms with Crippen LogP contribution in [0.1, 0.15) is 56.9 Å². The highest BCUT2D eigenvalue weighted by molar-refractivity contribution is 5.54. The fourth-order valence-corrected chi connectivity index (χ4v) is 5.08. The van der Waals surface area contributed by atoms with Crippen LogP contribution in [0, 0.1) is 0 Å². The van der Waals surface area contributed by atoms with Crippen molar-refractivity contribution in [3.8, 4) is 5.75 Å². The lowest BCUT2D eigenvalue weighted by molar-refractivity contribution is -0.0336. The van der Waals surface area contributed by atoms with Crippen molar-refractivity contribution in [2.24, 2.45) is 0 Å². The molecule has 3 aliphatic heterocycles. The van der Waals surface area contributed by atoms with E-state index in [-0.39, 0.29) is 5.60 Å². The van der Waals surface area contributed by atoms with E-state index >= 15 is 0 Å². The van der Waals surface area contributed by atoms with E-state index < -0.39 is 0 Å². The van der Waals surface area contributed by atoms with E-state index in [2.05, 4.69) is 28.0 Å². The molecule has 0 atom stereocenters. The van der Waals surface area contributed by atoms with Gasteiger partial charge in [-0.05, 0) is 75.1 Å². The summed E-state index contributed by atoms with van der Waals surface area (Å²) in [6.07, 6.45) is 11.8. The van der Waals surface area contributed by atoms with Crippen molar-refractivity contribution in [1.29, 1.82) is 0 Å². The molecule has 0 radical (unpaired) electrons. The molecule has 3 nitrogen and oxygen atoms in total. The van der Waals surface area contributed by atoms with Crippen LogP contribution in [0.2, 0.25) is 0 Å². The van der Waals surface area contributed by atoms with Crippen LogP contribution in [0.4, 0.5) is 5.69 Å². The largest absolute Gasteiger partial charge is 0.487 e. The Kier molecular flexibility index (Phi) is 3.73. The van der Waals surface area contributed by atoms with E-state index in [1.165, 1.54) is 101 Å². The van der Waals surface area contributed by atoms with Crippen LogP contribution in [-0.2, 0) is 6.42 Å². The van der Waals surface area contributed by atoms with Crippen LogP contribution >= 0.6 is 0 Å². The van der Waals surface area contributed by atoms with Gasteiger partial charge in [0.1, 0.15) is 11.4 Å². The predicted octanol–water partition coefficient (Wildman–Crippen LogP) is 4.00. The number of nitrogens with zero attached hydrogens (tertiary/aromatic N) is 2. The lowest BCUT2D eigenvalue weighted by atomic mass is 9.81. The second kappa shape index (κ2) is 5.94. The average Bonchev–Trinajstić information content (AvgIpc) is 3.10. The van der Waals surface area contributed by atoms with Gasteiger partial charge in [0, 0.05) is 37.9 Å². The van der Waals surface area contributed by atoms with Gasteiger partial charge in [-0.15, -0.1) is 0 Å². The summed E-state index contributed by atoms with van der Waals surface area (Å²) in [6, 6.07) is 7.83. The lowest BCUT2D eigenvalue weighted by Crippen LogP contribution is -2.53. The van der Waals surface area contributed by atoms with E-state index in [0.29, 0.717) is 0 Å². The van der Waals surface area contributed by atoms with Gasteiger partial charge in [0.25, 0.3) is 0 Å². The van der Waals surface area contributed by atoms with Crippen molar-refractivity contribution < 1.29 is 4.74 Å². The van der Waals surface area contributed by atoms with Crippen molar-refractivity contribution in [3.63, 3.8) is 0 Å². The van der Waals surface area contributed by atoms with Gasteiger partial charge in [-0.1, -0.05) is 6.42 Å². The zero-order chi connectivity index (χ0) is 16.0. The molecule has 1 saturated carbocycles. The summed E-state index contributed by atoms with van der Waals surface area (Å²) in [5.41, 5.74) is 2.97. The number of benzene rings is 1. The number of anilines is 1. The summed E-state index contributed by atoms with van der Waals surface area (Å²) in [7, 11) is 0. The number of hydrogen-bond acceptors (Lipinski definition) is 3. The van der Waals surface area contributed by atoms with Crippen LogP contribution in [0.25, 0.3) is 0 Å². The SMILES string of the molecule is c1cc2c(cc1N1CCCC1)CCC1(CCN(C3CCC3)CC1)O2. The number of fused-ring (bicyclic) bond motifs is 1. The average molecular weight is 326 g/mol. The number of ether oxygens (including phenoxy) is 1. The molecule has 0 aromatic heterocycles. The Morgan fingerprint density at radius 2 is 1.71 bits per heavy atom. The highest BCUT2D eigenvalue weighted by Crippen LogP contribution is 2.42. The quantitative estimate of drug-likeness (QED) is 0.817. The molecule has 0 amide bonds. The number of piperidine rings is 1. The molecule has 4 aliphatic rings. The molecule has 3 heterocycles. The normalized spacial score (nSPS) is 26.9. The van der Waals surface area contributed by atoms with Crippen LogP contribution in [0.5, 0.6) is 5.75 Å². The van der Waals surface area contributed by atoms with Crippen LogP contribution < -0.4 is 9.64 Å². The third-order valence-electron chi connectivity index (χ3n) is 6.99. The fraction of sp³-hybridized carbons (Fsp3) is 0.714. The van der Waals surface area contributed by atoms with Gasteiger partial charge in [0.15, 0.2) is 0 Å². The monoisotopic (exact) mass is 326 g/mol. The number of likely N-dealkylation sites (tertiary alicyclic amines) is 1. The summed E-state index contributed by atoms with van der Waals surface area (Å²) >= 11 is 0. The predicted molar refractivity (Wildman–Crippen MR) is 98.0 cm³/mol. The van der Waals surface area contributed by atoms with Gasteiger partial charge in [-0.25, -0.2) is 0 Å². The van der Waals surface area contributed by atoms with Crippen molar-refractivity contribution in [2.75, 3.05) is 31.1 Å². The molecule has 0 bridgehead atoms. The van der Waals surface area contributed by atoms with Crippen molar-refractivity contribution in [2.45, 2.75) is 69.4 Å². The minimum absolute atomic E-state index is 0.127. The molecular weight excluding hydrogens is 296 g/mol. The van der Waals surface area contributed by atoms with Gasteiger partial charge in [-0.3, -0.25) is 0 Å². The molecule has 0 unspecified atom stereocenters. The maximum atomic E-state index is 6.61. The van der Waals surface area contributed by atoms with Gasteiger partial charge >= 0.3 is 0 Å². The Morgan fingerprint density at radius 3 is 2.42 bits per heavy atom. The standard InChI is InChI=1S/C21H30N2O/c1-2-13-22(12-1)19-6-7-20-17(16-19)8-9-21(24-20)10-14-23(15-11-21)18-4-3-5-18/h6-7,16,18H,1-5,8-15H2. The van der Waals surface area contributed by atoms with Gasteiger partial charge in [0.2, 0.25) is 0 Å². The van der Waals surface area contributed by atoms with E-state index in [0.717, 1.165) is 6.04 Å². The topological polar surface area (TPSA) is 15.7 Å². The molecule has 3 heteroatoms. The minimum Gasteiger partial charge on any atom is -0.487 e. The number of hydrogen-bond donors (Lipinski definition) is 0. The smallest absolute Gasteiger partial charge is 0.123 e. The number of rotatable bonds is 2. The Hall–Kier alpha value is -1.22. The van der Waals surface area contributed by atoms with Crippen molar-refractivity contribution >= 4 is 5.69 Å². The van der Waals surface area contributed by atoms with Crippen LogP contribution in [0.15, 0.2) is 18.2 Å². The van der Waals surface area contributed by atoms with Gasteiger partial charge < -0.3 is 14.5 Å². The van der Waals surface area contributed by atoms with Gasteiger partial charge in [0.05, 0.1) is 0 Å². The van der Waals surface area contributed by atoms with Crippen LogP contribution in [0.3, 0.4) is 0 Å². The molecule has 1 aromatic rings. The highest BCUT2D eigenvalue weighted by Gasteiger charge is 2.41. The summed E-state index contributed by atoms with van der Waals surface area (Å²) in [4.78, 5) is 5.26. The molecule has 5 rings (SSSR count). The summed E-state index contributed by atoms with van der Waals surface area (Å²) in [5, 5.41) is 0. The summed E-state index contributed by atoms with van der Waals surface area (Å²) in [6.45, 7) is 4.93. The first-order valence-electron chi connectivity index (χ1n) is 10.1. The first-order chi connectivity index (χ1) is 11.8. The molecule has 1 aliphatic carbocycles. The molecule has 0 N–H and O–H groups in total. The molecule has 2 saturated heterocycles. The molecule has 24 heavy (non-hydrogen) atoms. The van der Waals surface area contributed by atoms with Crippen molar-refractivity contribution in [3.05, 3.63) is 23.8 Å². The Morgan fingerprint density at radius 1 is 0.917 bits per heavy atom. The Bertz CT molecular complexity index is 596. The first-order valence-corrected chi connectivity index (χ1v) is 10.1. The second-order valence-electron chi connectivity index (χ2n) is 8.39. The minimum atomic E-state index is 0.127. The first kappa shape index (κ1) is 15.1. The van der Waals surface area contributed by atoms with Gasteiger partial charge in [-0.2, -0.15) is 0 Å². The van der Waals surface area contributed by atoms with Crippen LogP contribution in [-0.4, -0.2) is 42.7 Å². The zero-order valence-electron chi connectivity index (χ0n) is 14.8. The maximum Gasteiger partial charge on any atom is 0.123 e. The fourth-order valence-electron chi connectivity index (χ4n) is 5.08. The van der Waals surface area contributed by atoms with E-state index in [1.54, 1.807) is 0 Å².